The molecular weight excluding hydrogens is 501 g/mol. The molecule has 3 atom stereocenters. The second kappa shape index (κ2) is 10.2. The lowest BCUT2D eigenvalue weighted by Crippen LogP contribution is -2.48. The number of aryl methyl sites for hydroxylation is 1. The molecule has 1 aromatic carbocycles. The summed E-state index contributed by atoms with van der Waals surface area (Å²) in [5.41, 5.74) is 0.174. The number of carboxylic acid groups (broad SMARTS) is 1. The van der Waals surface area contributed by atoms with Gasteiger partial charge in [-0.15, -0.1) is 5.10 Å². The number of carbonyl (C=O) groups excluding carboxylic acids is 1. The Morgan fingerprint density at radius 1 is 1.36 bits per heavy atom. The monoisotopic (exact) mass is 527 g/mol. The number of benzene rings is 1. The van der Waals surface area contributed by atoms with Gasteiger partial charge in [0, 0.05) is 18.4 Å². The third-order valence-electron chi connectivity index (χ3n) is 5.61. The summed E-state index contributed by atoms with van der Waals surface area (Å²) >= 11 is 0. The first-order valence-electron chi connectivity index (χ1n) is 11.2. The zero-order valence-corrected chi connectivity index (χ0v) is 20.1. The summed E-state index contributed by atoms with van der Waals surface area (Å²) in [6.45, 7) is 1.25. The normalized spacial score (nSPS) is 20.8. The molecule has 1 aliphatic heterocycles. The average molecular weight is 528 g/mol. The fourth-order valence-corrected chi connectivity index (χ4v) is 5.29. The first-order valence-corrected chi connectivity index (χ1v) is 12.6. The van der Waals surface area contributed by atoms with Crippen LogP contribution in [0, 0.1) is 5.92 Å². The van der Waals surface area contributed by atoms with Crippen molar-refractivity contribution in [2.24, 2.45) is 5.92 Å². The van der Waals surface area contributed by atoms with E-state index in [1.807, 2.05) is 0 Å². The molecule has 196 valence electrons. The number of ether oxygens (including phenoxy) is 2. The van der Waals surface area contributed by atoms with E-state index in [4.69, 9.17) is 19.7 Å². The zero-order valence-electron chi connectivity index (χ0n) is 19.3. The predicted molar refractivity (Wildman–Crippen MR) is 124 cm³/mol. The maximum atomic E-state index is 13.8. The van der Waals surface area contributed by atoms with Crippen molar-refractivity contribution in [3.63, 3.8) is 0 Å². The Morgan fingerprint density at radius 2 is 2.11 bits per heavy atom. The molecule has 15 heteroatoms. The molecule has 4 rings (SSSR count). The van der Waals surface area contributed by atoms with Crippen LogP contribution in [-0.4, -0.2) is 79.0 Å². The molecule has 2 aliphatic rings. The van der Waals surface area contributed by atoms with Crippen LogP contribution in [0.3, 0.4) is 0 Å². The highest BCUT2D eigenvalue weighted by atomic mass is 32.2. The molecule has 0 saturated heterocycles. The number of halogens is 1. The van der Waals surface area contributed by atoms with E-state index in [2.05, 4.69) is 15.7 Å². The van der Waals surface area contributed by atoms with Gasteiger partial charge in [0.1, 0.15) is 24.6 Å². The van der Waals surface area contributed by atoms with Gasteiger partial charge >= 0.3 is 6.09 Å². The lowest BCUT2D eigenvalue weighted by molar-refractivity contribution is -0.123. The van der Waals surface area contributed by atoms with Gasteiger partial charge in [0.25, 0.3) is 15.9 Å². The van der Waals surface area contributed by atoms with E-state index < -0.39 is 40.2 Å². The molecule has 36 heavy (non-hydrogen) atoms. The summed E-state index contributed by atoms with van der Waals surface area (Å²) in [4.78, 5) is 22.9. The highest BCUT2D eigenvalue weighted by Gasteiger charge is 2.44. The number of aliphatic hydroxyl groups is 1. The Morgan fingerprint density at radius 3 is 2.75 bits per heavy atom. The first-order chi connectivity index (χ1) is 17.1. The highest BCUT2D eigenvalue weighted by Crippen LogP contribution is 2.40. The van der Waals surface area contributed by atoms with Gasteiger partial charge < -0.3 is 25.0 Å². The molecule has 0 radical (unpaired) electrons. The van der Waals surface area contributed by atoms with Crippen molar-refractivity contribution in [3.8, 4) is 11.6 Å². The van der Waals surface area contributed by atoms with Crippen molar-refractivity contribution in [1.82, 2.24) is 15.1 Å². The van der Waals surface area contributed by atoms with Crippen molar-refractivity contribution in [1.29, 1.82) is 0 Å². The number of hydrogen-bond acceptors (Lipinski definition) is 8. The number of aromatic nitrogens is 2. The second-order valence-corrected chi connectivity index (χ2v) is 10.0. The van der Waals surface area contributed by atoms with Crippen LogP contribution in [0.4, 0.5) is 20.6 Å². The number of anilines is 2. The van der Waals surface area contributed by atoms with E-state index in [0.717, 1.165) is 4.31 Å². The van der Waals surface area contributed by atoms with Crippen LogP contribution in [0.5, 0.6) is 11.6 Å². The Labute approximate surface area is 205 Å². The van der Waals surface area contributed by atoms with Gasteiger partial charge in [0.2, 0.25) is 5.91 Å². The van der Waals surface area contributed by atoms with Gasteiger partial charge in [-0.25, -0.2) is 17.6 Å². The Bertz CT molecular complexity index is 1250. The molecular formula is C21H26FN5O8S. The van der Waals surface area contributed by atoms with Gasteiger partial charge in [-0.1, -0.05) is 0 Å². The third-order valence-corrected chi connectivity index (χ3v) is 7.38. The van der Waals surface area contributed by atoms with Crippen molar-refractivity contribution < 1.29 is 42.1 Å². The number of aliphatic hydroxyl groups excluding tert-OH is 1. The molecule has 2 heterocycles. The van der Waals surface area contributed by atoms with Crippen LogP contribution < -0.4 is 24.4 Å². The fraction of sp³-hybridized carbons (Fsp3) is 0.476. The maximum Gasteiger partial charge on any atom is 0.409 e. The highest BCUT2D eigenvalue weighted by molar-refractivity contribution is 7.93. The largest absolute Gasteiger partial charge is 0.484 e. The summed E-state index contributed by atoms with van der Waals surface area (Å²) < 4.78 is 54.5. The molecule has 2 aromatic rings. The van der Waals surface area contributed by atoms with Crippen LogP contribution >= 0.6 is 0 Å². The molecule has 2 amide bonds. The standard InChI is InChI=1S/C21H26FN5O8S/c1-2-26-11-18(20(25-26)34-6-5-28)36(32,33)27-10-13(9-23-19(29)14-8-15(14)22)35-17-4-3-12(7-16(17)27)24-21(30)31/h3-4,7,11,13-15,24,28H,2,5-6,8-10H2,1H3,(H,23,29)(H,30,31)/t13-,14+,15-/m0/s1. The van der Waals surface area contributed by atoms with Crippen LogP contribution in [0.2, 0.25) is 0 Å². The minimum absolute atomic E-state index is 0.0622. The number of nitrogens with one attached hydrogen (secondary N) is 2. The molecule has 1 aromatic heterocycles. The summed E-state index contributed by atoms with van der Waals surface area (Å²) in [6, 6.07) is 4.13. The minimum atomic E-state index is -4.34. The quantitative estimate of drug-likeness (QED) is 0.349. The van der Waals surface area contributed by atoms with Crippen molar-refractivity contribution in [2.45, 2.75) is 37.1 Å². The predicted octanol–water partition coefficient (Wildman–Crippen LogP) is 0.794. The Balaban J connectivity index is 1.68. The van der Waals surface area contributed by atoms with Gasteiger partial charge in [-0.3, -0.25) is 19.1 Å². The molecule has 0 unspecified atom stereocenters. The van der Waals surface area contributed by atoms with E-state index in [1.165, 1.54) is 29.1 Å². The van der Waals surface area contributed by atoms with Gasteiger partial charge in [-0.2, -0.15) is 0 Å². The second-order valence-electron chi connectivity index (χ2n) is 8.22. The van der Waals surface area contributed by atoms with Crippen LogP contribution in [0.25, 0.3) is 0 Å². The lowest BCUT2D eigenvalue weighted by atomic mass is 10.2. The zero-order chi connectivity index (χ0) is 26.0. The van der Waals surface area contributed by atoms with E-state index in [1.54, 1.807) is 6.92 Å². The van der Waals surface area contributed by atoms with Crippen LogP contribution in [0.15, 0.2) is 29.3 Å². The number of alkyl halides is 1. The molecule has 13 nitrogen and oxygen atoms in total. The van der Waals surface area contributed by atoms with Gasteiger partial charge in [-0.05, 0) is 31.5 Å². The fourth-order valence-electron chi connectivity index (χ4n) is 3.71. The van der Waals surface area contributed by atoms with Crippen molar-refractivity contribution >= 4 is 33.4 Å². The SMILES string of the molecule is CCn1cc(S(=O)(=O)N2C[C@H](CNC(=O)[C@@H]3C[C@@H]3F)Oc3ccc(NC(=O)O)cc32)c(OCCO)n1. The summed E-state index contributed by atoms with van der Waals surface area (Å²) in [5.74, 6) is -1.26. The Kier molecular flexibility index (Phi) is 7.21. The third kappa shape index (κ3) is 5.31. The molecule has 1 saturated carbocycles. The smallest absolute Gasteiger partial charge is 0.409 e. The van der Waals surface area contributed by atoms with Gasteiger partial charge in [0.05, 0.1) is 31.3 Å². The minimum Gasteiger partial charge on any atom is -0.484 e. The van der Waals surface area contributed by atoms with E-state index >= 15 is 0 Å². The molecule has 0 spiro atoms. The topological polar surface area (TPSA) is 172 Å². The van der Waals surface area contributed by atoms with Crippen LogP contribution in [0.1, 0.15) is 13.3 Å². The first kappa shape index (κ1) is 25.5. The molecule has 4 N–H and O–H groups in total. The molecule has 1 aliphatic carbocycles. The number of amides is 2. The molecule has 1 fully saturated rings. The van der Waals surface area contributed by atoms with E-state index in [0.29, 0.717) is 6.54 Å². The number of hydrogen-bond donors (Lipinski definition) is 4. The number of rotatable bonds is 10. The summed E-state index contributed by atoms with van der Waals surface area (Å²) in [6.07, 6.45) is -1.89. The summed E-state index contributed by atoms with van der Waals surface area (Å²) in [7, 11) is -4.34. The average Bonchev–Trinajstić information content (AvgIpc) is 3.42. The van der Waals surface area contributed by atoms with Crippen LogP contribution in [-0.2, 0) is 21.4 Å². The molecule has 0 bridgehead atoms. The number of nitrogens with zero attached hydrogens (tertiary/aromatic N) is 3. The van der Waals surface area contributed by atoms with E-state index in [-0.39, 0.29) is 60.6 Å². The summed E-state index contributed by atoms with van der Waals surface area (Å²) in [5, 5.41) is 27.1. The Hall–Kier alpha value is -3.59. The van der Waals surface area contributed by atoms with Gasteiger partial charge in [0.15, 0.2) is 4.90 Å². The number of fused-ring (bicyclic) bond motifs is 1. The lowest BCUT2D eigenvalue weighted by Gasteiger charge is -2.35. The van der Waals surface area contributed by atoms with Crippen molar-refractivity contribution in [2.75, 3.05) is 35.9 Å². The van der Waals surface area contributed by atoms with Crippen molar-refractivity contribution in [3.05, 3.63) is 24.4 Å². The number of sulfonamides is 1. The number of carbonyl (C=O) groups is 2. The maximum absolute atomic E-state index is 13.8. The van der Waals surface area contributed by atoms with E-state index in [9.17, 15) is 22.4 Å².